The van der Waals surface area contributed by atoms with Crippen molar-refractivity contribution in [3.63, 3.8) is 0 Å². The molecule has 2 N–H and O–H groups in total. The average Bonchev–Trinajstić information content (AvgIpc) is 2.80. The van der Waals surface area contributed by atoms with Gasteiger partial charge in [-0.05, 0) is 43.5 Å². The molecule has 32 heavy (non-hydrogen) atoms. The molecule has 2 aromatic carbocycles. The Morgan fingerprint density at radius 2 is 1.59 bits per heavy atom. The van der Waals surface area contributed by atoms with Gasteiger partial charge in [0.15, 0.2) is 0 Å². The van der Waals surface area contributed by atoms with Crippen LogP contribution in [0, 0.1) is 0 Å². The Kier molecular flexibility index (Phi) is 7.96. The molecule has 2 amide bonds. The number of hydrogen-bond donors (Lipinski definition) is 2. The number of carbonyl (C=O) groups is 2. The highest BCUT2D eigenvalue weighted by molar-refractivity contribution is 5.91. The Bertz CT molecular complexity index is 1200. The highest BCUT2D eigenvalue weighted by Crippen LogP contribution is 2.10. The van der Waals surface area contributed by atoms with Crippen LogP contribution in [0.15, 0.2) is 64.2 Å². The van der Waals surface area contributed by atoms with E-state index in [0.29, 0.717) is 42.4 Å². The van der Waals surface area contributed by atoms with E-state index < -0.39 is 5.69 Å². The van der Waals surface area contributed by atoms with Crippen LogP contribution in [-0.2, 0) is 22.7 Å². The summed E-state index contributed by atoms with van der Waals surface area (Å²) in [6.07, 6.45) is 2.28. The third kappa shape index (κ3) is 5.72. The molecule has 0 saturated heterocycles. The summed E-state index contributed by atoms with van der Waals surface area (Å²) >= 11 is 0. The van der Waals surface area contributed by atoms with Crippen LogP contribution in [0.5, 0.6) is 0 Å². The van der Waals surface area contributed by atoms with Crippen molar-refractivity contribution in [3.05, 3.63) is 75.4 Å². The second-order valence-electron chi connectivity index (χ2n) is 7.56. The molecule has 0 fully saturated rings. The number of nitrogens with one attached hydrogen (secondary N) is 2. The molecule has 0 aliphatic carbocycles. The lowest BCUT2D eigenvalue weighted by atomic mass is 10.2. The lowest BCUT2D eigenvalue weighted by molar-refractivity contribution is -0.121. The summed E-state index contributed by atoms with van der Waals surface area (Å²) in [5.74, 6) is -0.394. The van der Waals surface area contributed by atoms with Gasteiger partial charge >= 0.3 is 5.69 Å². The SMILES string of the molecule is CCCNC(=O)CCCCn1c(=O)c2ccccc2n(CC(=O)Nc2ccccc2)c1=O. The van der Waals surface area contributed by atoms with Gasteiger partial charge in [0, 0.05) is 25.2 Å². The number of fused-ring (bicyclic) bond motifs is 1. The van der Waals surface area contributed by atoms with E-state index in [9.17, 15) is 19.2 Å². The van der Waals surface area contributed by atoms with Crippen molar-refractivity contribution in [2.75, 3.05) is 11.9 Å². The number of rotatable bonds is 10. The normalized spacial score (nSPS) is 10.8. The van der Waals surface area contributed by atoms with Crippen molar-refractivity contribution in [2.24, 2.45) is 0 Å². The number of amides is 2. The van der Waals surface area contributed by atoms with Gasteiger partial charge in [0.2, 0.25) is 11.8 Å². The Hall–Kier alpha value is -3.68. The minimum Gasteiger partial charge on any atom is -0.356 e. The zero-order valence-electron chi connectivity index (χ0n) is 18.2. The van der Waals surface area contributed by atoms with E-state index in [1.807, 2.05) is 13.0 Å². The van der Waals surface area contributed by atoms with Crippen LogP contribution in [0.25, 0.3) is 10.9 Å². The molecule has 0 unspecified atom stereocenters. The van der Waals surface area contributed by atoms with Crippen LogP contribution < -0.4 is 21.9 Å². The summed E-state index contributed by atoms with van der Waals surface area (Å²) in [7, 11) is 0. The third-order valence-electron chi connectivity index (χ3n) is 5.10. The lowest BCUT2D eigenvalue weighted by Gasteiger charge is -2.14. The van der Waals surface area contributed by atoms with E-state index in [0.717, 1.165) is 11.0 Å². The van der Waals surface area contributed by atoms with Crippen LogP contribution >= 0.6 is 0 Å². The molecular weight excluding hydrogens is 408 g/mol. The van der Waals surface area contributed by atoms with Crippen molar-refractivity contribution < 1.29 is 9.59 Å². The van der Waals surface area contributed by atoms with Crippen LogP contribution in [0.3, 0.4) is 0 Å². The summed E-state index contributed by atoms with van der Waals surface area (Å²) in [6.45, 7) is 2.59. The summed E-state index contributed by atoms with van der Waals surface area (Å²) in [5, 5.41) is 5.95. The van der Waals surface area contributed by atoms with E-state index in [4.69, 9.17) is 0 Å². The minimum absolute atomic E-state index is 0.0345. The third-order valence-corrected chi connectivity index (χ3v) is 5.10. The average molecular weight is 437 g/mol. The maximum Gasteiger partial charge on any atom is 0.331 e. The number of benzene rings is 2. The van der Waals surface area contributed by atoms with Gasteiger partial charge in [-0.15, -0.1) is 0 Å². The van der Waals surface area contributed by atoms with E-state index in [1.165, 1.54) is 4.57 Å². The molecule has 1 aromatic heterocycles. The number of hydrogen-bond acceptors (Lipinski definition) is 4. The minimum atomic E-state index is -0.535. The van der Waals surface area contributed by atoms with Crippen molar-refractivity contribution in [1.29, 1.82) is 0 Å². The number of carbonyl (C=O) groups excluding carboxylic acids is 2. The summed E-state index contributed by atoms with van der Waals surface area (Å²) < 4.78 is 2.48. The fraction of sp³-hybridized carbons (Fsp3) is 0.333. The zero-order valence-corrected chi connectivity index (χ0v) is 18.2. The smallest absolute Gasteiger partial charge is 0.331 e. The number of anilines is 1. The zero-order chi connectivity index (χ0) is 22.9. The van der Waals surface area contributed by atoms with Gasteiger partial charge in [0.1, 0.15) is 6.54 Å². The predicted molar refractivity (Wildman–Crippen MR) is 125 cm³/mol. The molecule has 3 aromatic rings. The maximum atomic E-state index is 13.1. The van der Waals surface area contributed by atoms with E-state index in [2.05, 4.69) is 10.6 Å². The first-order valence-electron chi connectivity index (χ1n) is 10.8. The summed E-state index contributed by atoms with van der Waals surface area (Å²) in [5.41, 5.74) is 0.124. The standard InChI is InChI=1S/C24H28N4O4/c1-2-15-25-21(29)14-8-9-16-27-23(31)19-12-6-7-13-20(19)28(24(27)32)17-22(30)26-18-10-4-3-5-11-18/h3-7,10-13H,2,8-9,14-17H2,1H3,(H,25,29)(H,26,30). The number of unbranched alkanes of at least 4 members (excludes halogenated alkanes) is 1. The summed E-state index contributed by atoms with van der Waals surface area (Å²) in [6, 6.07) is 15.7. The molecule has 0 spiro atoms. The van der Waals surface area contributed by atoms with Crippen LogP contribution in [0.1, 0.15) is 32.6 Å². The van der Waals surface area contributed by atoms with E-state index >= 15 is 0 Å². The predicted octanol–water partition coefficient (Wildman–Crippen LogP) is 2.50. The van der Waals surface area contributed by atoms with Crippen LogP contribution in [0.2, 0.25) is 0 Å². The Balaban J connectivity index is 1.80. The molecule has 8 heteroatoms. The largest absolute Gasteiger partial charge is 0.356 e. The number of nitrogens with zero attached hydrogens (tertiary/aromatic N) is 2. The molecule has 0 aliphatic rings. The molecule has 0 aliphatic heterocycles. The first-order chi connectivity index (χ1) is 15.5. The van der Waals surface area contributed by atoms with Gasteiger partial charge < -0.3 is 10.6 Å². The Morgan fingerprint density at radius 1 is 0.875 bits per heavy atom. The van der Waals surface area contributed by atoms with Crippen molar-refractivity contribution >= 4 is 28.4 Å². The number of aromatic nitrogens is 2. The van der Waals surface area contributed by atoms with Gasteiger partial charge in [-0.2, -0.15) is 0 Å². The van der Waals surface area contributed by atoms with Gasteiger partial charge in [-0.1, -0.05) is 37.3 Å². The molecule has 1 heterocycles. The fourth-order valence-corrected chi connectivity index (χ4v) is 3.49. The summed E-state index contributed by atoms with van der Waals surface area (Å²) in [4.78, 5) is 50.4. The first kappa shape index (κ1) is 23.0. The van der Waals surface area contributed by atoms with Crippen molar-refractivity contribution in [1.82, 2.24) is 14.5 Å². The molecule has 3 rings (SSSR count). The van der Waals surface area contributed by atoms with Gasteiger partial charge in [0.25, 0.3) is 5.56 Å². The molecule has 8 nitrogen and oxygen atoms in total. The highest BCUT2D eigenvalue weighted by Gasteiger charge is 2.15. The molecular formula is C24H28N4O4. The second-order valence-corrected chi connectivity index (χ2v) is 7.56. The van der Waals surface area contributed by atoms with Crippen LogP contribution in [-0.4, -0.2) is 27.5 Å². The molecule has 0 saturated carbocycles. The Labute approximate surface area is 185 Å². The molecule has 0 bridgehead atoms. The molecule has 0 radical (unpaired) electrons. The van der Waals surface area contributed by atoms with Gasteiger partial charge in [-0.25, -0.2) is 4.79 Å². The van der Waals surface area contributed by atoms with Gasteiger partial charge in [-0.3, -0.25) is 23.5 Å². The quantitative estimate of drug-likeness (QED) is 0.477. The fourth-order valence-electron chi connectivity index (χ4n) is 3.49. The monoisotopic (exact) mass is 436 g/mol. The number of para-hydroxylation sites is 2. The van der Waals surface area contributed by atoms with Crippen molar-refractivity contribution in [2.45, 2.75) is 45.7 Å². The lowest BCUT2D eigenvalue weighted by Crippen LogP contribution is -2.41. The molecule has 168 valence electrons. The first-order valence-corrected chi connectivity index (χ1v) is 10.8. The van der Waals surface area contributed by atoms with E-state index in [1.54, 1.807) is 48.5 Å². The van der Waals surface area contributed by atoms with Gasteiger partial charge in [0.05, 0.1) is 10.9 Å². The van der Waals surface area contributed by atoms with Crippen LogP contribution in [0.4, 0.5) is 5.69 Å². The highest BCUT2D eigenvalue weighted by atomic mass is 16.2. The topological polar surface area (TPSA) is 102 Å². The van der Waals surface area contributed by atoms with Crippen molar-refractivity contribution in [3.8, 4) is 0 Å². The maximum absolute atomic E-state index is 13.1. The molecule has 0 atom stereocenters. The second kappa shape index (κ2) is 11.1. The van der Waals surface area contributed by atoms with E-state index in [-0.39, 0.29) is 30.5 Å². The Morgan fingerprint density at radius 3 is 2.34 bits per heavy atom.